The van der Waals surface area contributed by atoms with Gasteiger partial charge in [0.2, 0.25) is 5.91 Å². The first-order chi connectivity index (χ1) is 21.9. The van der Waals surface area contributed by atoms with Crippen molar-refractivity contribution in [3.05, 3.63) is 42.0 Å². The third-order valence-corrected chi connectivity index (χ3v) is 7.86. The van der Waals surface area contributed by atoms with Crippen LogP contribution in [0.2, 0.25) is 0 Å². The van der Waals surface area contributed by atoms with Crippen molar-refractivity contribution in [3.8, 4) is 5.75 Å². The molecule has 0 saturated carbocycles. The number of carbonyl (C=O) groups excluding carboxylic acids is 3. The fraction of sp³-hybridized carbons (Fsp3) is 0.686. The maximum atomic E-state index is 12.9. The molecule has 1 fully saturated rings. The number of unbranched alkanes of at least 4 members (excludes halogenated alkanes) is 7. The molecule has 1 aliphatic rings. The smallest absolute Gasteiger partial charge is 0.338 e. The third-order valence-electron chi connectivity index (χ3n) is 7.86. The van der Waals surface area contributed by atoms with E-state index >= 15 is 0 Å². The molecule has 6 atom stereocenters. The number of methoxy groups -OCH3 is 1. The van der Waals surface area contributed by atoms with E-state index in [2.05, 4.69) is 17.6 Å². The number of carbonyl (C=O) groups is 3. The van der Waals surface area contributed by atoms with Gasteiger partial charge < -0.3 is 40.2 Å². The fourth-order valence-corrected chi connectivity index (χ4v) is 5.03. The Morgan fingerprint density at radius 2 is 1.61 bits per heavy atom. The highest BCUT2D eigenvalue weighted by molar-refractivity contribution is 5.91. The number of hydrogen-bond donors (Lipinski definition) is 5. The van der Waals surface area contributed by atoms with Crippen LogP contribution in [0, 0.1) is 5.41 Å². The van der Waals surface area contributed by atoms with Crippen molar-refractivity contribution in [1.82, 2.24) is 10.6 Å². The SMILES string of the molecule is CCCCCCCCCCOc1ccc(C(=O)OC2CCC(NC(=O)C(OC)C(O)C(O)C(O)/C=C/C(C)(C)C)C(=O)NC2)cc1. The van der Waals surface area contributed by atoms with E-state index in [1.54, 1.807) is 30.3 Å². The normalized spacial score (nSPS) is 19.9. The van der Waals surface area contributed by atoms with Crippen LogP contribution in [-0.2, 0) is 19.1 Å². The van der Waals surface area contributed by atoms with Crippen LogP contribution >= 0.6 is 0 Å². The van der Waals surface area contributed by atoms with Gasteiger partial charge in [0.05, 0.1) is 18.7 Å². The van der Waals surface area contributed by atoms with Crippen molar-refractivity contribution in [3.63, 3.8) is 0 Å². The van der Waals surface area contributed by atoms with Gasteiger partial charge in [0, 0.05) is 7.11 Å². The summed E-state index contributed by atoms with van der Waals surface area (Å²) in [4.78, 5) is 38.4. The van der Waals surface area contributed by atoms with E-state index in [9.17, 15) is 29.7 Å². The van der Waals surface area contributed by atoms with Gasteiger partial charge in [-0.05, 0) is 48.9 Å². The molecule has 5 N–H and O–H groups in total. The van der Waals surface area contributed by atoms with Crippen LogP contribution < -0.4 is 15.4 Å². The van der Waals surface area contributed by atoms with E-state index < -0.39 is 54.3 Å². The molecule has 46 heavy (non-hydrogen) atoms. The first kappa shape index (κ1) is 39.2. The molecule has 11 nitrogen and oxygen atoms in total. The van der Waals surface area contributed by atoms with E-state index in [1.165, 1.54) is 51.7 Å². The lowest BCUT2D eigenvalue weighted by molar-refractivity contribution is -0.150. The molecule has 0 spiro atoms. The molecule has 11 heteroatoms. The maximum absolute atomic E-state index is 12.9. The van der Waals surface area contributed by atoms with Crippen molar-refractivity contribution < 1.29 is 43.9 Å². The van der Waals surface area contributed by atoms with Crippen LogP contribution in [0.3, 0.4) is 0 Å². The van der Waals surface area contributed by atoms with Crippen molar-refractivity contribution in [2.75, 3.05) is 20.3 Å². The number of aliphatic hydroxyl groups is 3. The average molecular weight is 649 g/mol. The summed E-state index contributed by atoms with van der Waals surface area (Å²) in [7, 11) is 1.18. The maximum Gasteiger partial charge on any atom is 0.338 e. The largest absolute Gasteiger partial charge is 0.494 e. The van der Waals surface area contributed by atoms with Gasteiger partial charge in [-0.3, -0.25) is 9.59 Å². The molecule has 1 aliphatic heterocycles. The van der Waals surface area contributed by atoms with Crippen molar-refractivity contribution in [2.24, 2.45) is 5.41 Å². The van der Waals surface area contributed by atoms with E-state index in [0.717, 1.165) is 12.8 Å². The minimum absolute atomic E-state index is 0.0676. The number of aliphatic hydroxyl groups excluding tert-OH is 3. The van der Waals surface area contributed by atoms with Gasteiger partial charge in [-0.15, -0.1) is 0 Å². The Balaban J connectivity index is 1.81. The second-order valence-corrected chi connectivity index (χ2v) is 13.1. The zero-order valence-electron chi connectivity index (χ0n) is 28.2. The molecular formula is C35H56N2O9. The molecule has 1 aromatic carbocycles. The van der Waals surface area contributed by atoms with Crippen molar-refractivity contribution in [1.29, 1.82) is 0 Å². The van der Waals surface area contributed by atoms with Crippen LogP contribution in [0.15, 0.2) is 36.4 Å². The van der Waals surface area contributed by atoms with Crippen molar-refractivity contribution in [2.45, 2.75) is 128 Å². The molecule has 2 amide bonds. The molecule has 2 rings (SSSR count). The highest BCUT2D eigenvalue weighted by atomic mass is 16.5. The standard InChI is InChI=1S/C35H56N2O9/c1-6-7-8-9-10-11-12-13-22-45-25-16-14-24(15-17-25)34(43)46-26-18-19-27(32(41)36-23-26)37-33(42)31(44-5)30(40)29(39)28(38)20-21-35(2,3)4/h14-17,20-21,26-31,38-40H,6-13,18-19,22-23H2,1-5H3,(H,36,41)(H,37,42)/b21-20+. The predicted octanol–water partition coefficient (Wildman–Crippen LogP) is 3.83. The number of hydrogen-bond acceptors (Lipinski definition) is 9. The minimum Gasteiger partial charge on any atom is -0.494 e. The molecular weight excluding hydrogens is 592 g/mol. The molecule has 1 aromatic rings. The second-order valence-electron chi connectivity index (χ2n) is 13.1. The first-order valence-corrected chi connectivity index (χ1v) is 16.6. The molecule has 6 unspecified atom stereocenters. The summed E-state index contributed by atoms with van der Waals surface area (Å²) in [5, 5.41) is 36.5. The molecule has 0 aromatic heterocycles. The summed E-state index contributed by atoms with van der Waals surface area (Å²) in [6.07, 6.45) is 6.15. The lowest BCUT2D eigenvalue weighted by Crippen LogP contribution is -2.55. The summed E-state index contributed by atoms with van der Waals surface area (Å²) < 4.78 is 16.6. The van der Waals surface area contributed by atoms with Gasteiger partial charge in [0.1, 0.15) is 36.2 Å². The average Bonchev–Trinajstić information content (AvgIpc) is 3.19. The Hall–Kier alpha value is -2.99. The van der Waals surface area contributed by atoms with Gasteiger partial charge in [0.15, 0.2) is 6.10 Å². The third kappa shape index (κ3) is 14.2. The van der Waals surface area contributed by atoms with Crippen LogP contribution in [-0.4, -0.2) is 89.9 Å². The zero-order valence-corrected chi connectivity index (χ0v) is 28.2. The number of rotatable bonds is 19. The summed E-state index contributed by atoms with van der Waals surface area (Å²) in [5.41, 5.74) is 0.0870. The highest BCUT2D eigenvalue weighted by Crippen LogP contribution is 2.19. The van der Waals surface area contributed by atoms with Gasteiger partial charge in [-0.1, -0.05) is 84.8 Å². The quantitative estimate of drug-likeness (QED) is 0.0852. The zero-order chi connectivity index (χ0) is 34.1. The number of benzene rings is 1. The van der Waals surface area contributed by atoms with E-state index in [4.69, 9.17) is 14.2 Å². The van der Waals surface area contributed by atoms with Gasteiger partial charge >= 0.3 is 5.97 Å². The van der Waals surface area contributed by atoms with Crippen molar-refractivity contribution >= 4 is 17.8 Å². The van der Waals surface area contributed by atoms with Crippen LogP contribution in [0.25, 0.3) is 0 Å². The Morgan fingerprint density at radius 3 is 2.22 bits per heavy atom. The molecule has 0 bridgehead atoms. The predicted molar refractivity (Wildman–Crippen MR) is 175 cm³/mol. The van der Waals surface area contributed by atoms with E-state index in [-0.39, 0.29) is 24.8 Å². The van der Waals surface area contributed by atoms with Crippen LogP contribution in [0.4, 0.5) is 0 Å². The number of amides is 2. The molecule has 1 heterocycles. The highest BCUT2D eigenvalue weighted by Gasteiger charge is 2.37. The number of esters is 1. The molecule has 0 aliphatic carbocycles. The monoisotopic (exact) mass is 648 g/mol. The van der Waals surface area contributed by atoms with Gasteiger partial charge in [-0.25, -0.2) is 4.79 Å². The Bertz CT molecular complexity index is 1090. The number of allylic oxidation sites excluding steroid dienone is 1. The molecule has 1 saturated heterocycles. The number of nitrogens with one attached hydrogen (secondary N) is 2. The first-order valence-electron chi connectivity index (χ1n) is 16.6. The van der Waals surface area contributed by atoms with Gasteiger partial charge in [-0.2, -0.15) is 0 Å². The Kier molecular flexibility index (Phi) is 17.3. The second kappa shape index (κ2) is 20.3. The van der Waals surface area contributed by atoms with E-state index in [0.29, 0.717) is 17.9 Å². The van der Waals surface area contributed by atoms with Crippen LogP contribution in [0.1, 0.15) is 102 Å². The van der Waals surface area contributed by atoms with Gasteiger partial charge in [0.25, 0.3) is 5.91 Å². The minimum atomic E-state index is -1.77. The fourth-order valence-electron chi connectivity index (χ4n) is 5.03. The molecule has 260 valence electrons. The lowest BCUT2D eigenvalue weighted by Gasteiger charge is -2.28. The summed E-state index contributed by atoms with van der Waals surface area (Å²) in [6.45, 7) is 8.62. The summed E-state index contributed by atoms with van der Waals surface area (Å²) in [6, 6.07) is 5.77. The van der Waals surface area contributed by atoms with E-state index in [1.807, 2.05) is 20.8 Å². The Morgan fingerprint density at radius 1 is 0.978 bits per heavy atom. The Labute approximate surface area is 274 Å². The summed E-state index contributed by atoms with van der Waals surface area (Å²) >= 11 is 0. The summed E-state index contributed by atoms with van der Waals surface area (Å²) in [5.74, 6) is -1.17. The topological polar surface area (TPSA) is 164 Å². The number of ether oxygens (including phenoxy) is 3. The van der Waals surface area contributed by atoms with Crippen LogP contribution in [0.5, 0.6) is 5.75 Å². The lowest BCUT2D eigenvalue weighted by atomic mass is 9.94. The molecule has 0 radical (unpaired) electrons.